The summed E-state index contributed by atoms with van der Waals surface area (Å²) in [5.74, 6) is 0.527. The van der Waals surface area contributed by atoms with Gasteiger partial charge in [0.05, 0.1) is 19.4 Å². The highest BCUT2D eigenvalue weighted by atomic mass is 16.5. The normalized spacial score (nSPS) is 10.8. The molecular formula is C26H34N4O4. The Labute approximate surface area is 201 Å². The monoisotopic (exact) mass is 466 g/mol. The van der Waals surface area contributed by atoms with Crippen molar-refractivity contribution in [1.82, 2.24) is 14.4 Å². The average Bonchev–Trinajstić information content (AvgIpc) is 3.46. The number of nitrogens with zero attached hydrogens (tertiary/aromatic N) is 3. The Bertz CT molecular complexity index is 1070. The minimum absolute atomic E-state index is 0.0500. The molecule has 0 fully saturated rings. The van der Waals surface area contributed by atoms with E-state index in [4.69, 9.17) is 9.15 Å². The van der Waals surface area contributed by atoms with Gasteiger partial charge in [-0.2, -0.15) is 0 Å². The van der Waals surface area contributed by atoms with E-state index in [1.165, 1.54) is 0 Å². The number of methoxy groups -OCH3 is 1. The smallest absolute Gasteiger partial charge is 0.322 e. The minimum atomic E-state index is -0.312. The van der Waals surface area contributed by atoms with Crippen LogP contribution in [0.25, 0.3) is 0 Å². The summed E-state index contributed by atoms with van der Waals surface area (Å²) in [6, 6.07) is 13.1. The Morgan fingerprint density at radius 1 is 1.09 bits per heavy atom. The van der Waals surface area contributed by atoms with Crippen LogP contribution in [0.15, 0.2) is 59.3 Å². The van der Waals surface area contributed by atoms with Crippen molar-refractivity contribution < 1.29 is 18.7 Å². The number of urea groups is 1. The number of hydrogen-bond donors (Lipinski definition) is 1. The molecule has 0 aliphatic rings. The Kier molecular flexibility index (Phi) is 8.93. The summed E-state index contributed by atoms with van der Waals surface area (Å²) in [5, 5.41) is 2.96. The second-order valence-electron chi connectivity index (χ2n) is 8.46. The maximum atomic E-state index is 13.4. The first-order valence-electron chi connectivity index (χ1n) is 11.4. The van der Waals surface area contributed by atoms with E-state index in [0.717, 1.165) is 22.5 Å². The number of amides is 3. The number of nitrogens with one attached hydrogen (secondary N) is 1. The second kappa shape index (κ2) is 12.1. The number of anilines is 1. The molecule has 8 heteroatoms. The molecule has 8 nitrogen and oxygen atoms in total. The standard InChI is InChI=1S/C26H34N4O4/c1-20-10-11-24(21(2)16-20)27-26(32)29(13-7-14-33-4)19-25(31)30(18-23-9-6-15-34-23)17-22-8-5-12-28(22)3/h5-6,8-12,15-16H,7,13-14,17-19H2,1-4H3,(H,27,32). The summed E-state index contributed by atoms with van der Waals surface area (Å²) in [7, 11) is 3.56. The first-order valence-corrected chi connectivity index (χ1v) is 11.4. The van der Waals surface area contributed by atoms with E-state index < -0.39 is 0 Å². The molecule has 0 aliphatic heterocycles. The van der Waals surface area contributed by atoms with Gasteiger partial charge in [-0.1, -0.05) is 17.7 Å². The summed E-state index contributed by atoms with van der Waals surface area (Å²) in [5.41, 5.74) is 3.82. The fourth-order valence-corrected chi connectivity index (χ4v) is 3.74. The van der Waals surface area contributed by atoms with Crippen molar-refractivity contribution in [1.29, 1.82) is 0 Å². The van der Waals surface area contributed by atoms with Gasteiger partial charge in [-0.05, 0) is 56.2 Å². The van der Waals surface area contributed by atoms with Crippen molar-refractivity contribution in [3.8, 4) is 0 Å². The molecule has 3 aromatic rings. The van der Waals surface area contributed by atoms with Crippen molar-refractivity contribution in [3.05, 3.63) is 77.5 Å². The van der Waals surface area contributed by atoms with Crippen LogP contribution in [-0.2, 0) is 29.7 Å². The van der Waals surface area contributed by atoms with Crippen LogP contribution in [0.3, 0.4) is 0 Å². The van der Waals surface area contributed by atoms with Crippen LogP contribution < -0.4 is 5.32 Å². The molecule has 2 heterocycles. The maximum absolute atomic E-state index is 13.4. The Morgan fingerprint density at radius 3 is 2.56 bits per heavy atom. The van der Waals surface area contributed by atoms with E-state index in [2.05, 4.69) is 5.32 Å². The number of furan rings is 1. The van der Waals surface area contributed by atoms with Gasteiger partial charge in [-0.25, -0.2) is 4.79 Å². The van der Waals surface area contributed by atoms with Gasteiger partial charge in [0, 0.05) is 44.9 Å². The van der Waals surface area contributed by atoms with E-state index in [9.17, 15) is 9.59 Å². The quantitative estimate of drug-likeness (QED) is 0.427. The Hall–Kier alpha value is -3.52. The summed E-state index contributed by atoms with van der Waals surface area (Å²) >= 11 is 0. The molecule has 1 aromatic carbocycles. The zero-order valence-corrected chi connectivity index (χ0v) is 20.4. The number of ether oxygens (including phenoxy) is 1. The van der Waals surface area contributed by atoms with E-state index in [-0.39, 0.29) is 18.5 Å². The van der Waals surface area contributed by atoms with Crippen LogP contribution in [-0.4, -0.2) is 53.1 Å². The number of benzene rings is 1. The third-order valence-corrected chi connectivity index (χ3v) is 5.70. The highest BCUT2D eigenvalue weighted by Gasteiger charge is 2.23. The molecule has 1 N–H and O–H groups in total. The molecular weight excluding hydrogens is 432 g/mol. The van der Waals surface area contributed by atoms with Crippen LogP contribution in [0.4, 0.5) is 10.5 Å². The van der Waals surface area contributed by atoms with Gasteiger partial charge in [0.1, 0.15) is 12.3 Å². The number of hydrogen-bond acceptors (Lipinski definition) is 4. The lowest BCUT2D eigenvalue weighted by molar-refractivity contribution is -0.133. The Morgan fingerprint density at radius 2 is 1.91 bits per heavy atom. The van der Waals surface area contributed by atoms with Gasteiger partial charge in [-0.3, -0.25) is 4.79 Å². The number of aryl methyl sites for hydroxylation is 3. The molecule has 0 aliphatic carbocycles. The van der Waals surface area contributed by atoms with Crippen LogP contribution in [0.5, 0.6) is 0 Å². The first-order chi connectivity index (χ1) is 16.4. The van der Waals surface area contributed by atoms with Gasteiger partial charge in [0.2, 0.25) is 5.91 Å². The fraction of sp³-hybridized carbons (Fsp3) is 0.385. The molecule has 2 aromatic heterocycles. The second-order valence-corrected chi connectivity index (χ2v) is 8.46. The largest absolute Gasteiger partial charge is 0.467 e. The van der Waals surface area contributed by atoms with E-state index in [1.54, 1.807) is 29.2 Å². The molecule has 0 atom stereocenters. The number of carbonyl (C=O) groups excluding carboxylic acids is 2. The molecule has 3 amide bonds. The van der Waals surface area contributed by atoms with Crippen LogP contribution in [0, 0.1) is 13.8 Å². The lowest BCUT2D eigenvalue weighted by atomic mass is 10.1. The van der Waals surface area contributed by atoms with Gasteiger partial charge in [0.15, 0.2) is 0 Å². The van der Waals surface area contributed by atoms with E-state index in [0.29, 0.717) is 38.4 Å². The van der Waals surface area contributed by atoms with Gasteiger partial charge in [-0.15, -0.1) is 0 Å². The average molecular weight is 467 g/mol. The van der Waals surface area contributed by atoms with Crippen molar-refractivity contribution in [3.63, 3.8) is 0 Å². The van der Waals surface area contributed by atoms with Crippen molar-refractivity contribution in [2.45, 2.75) is 33.4 Å². The molecule has 34 heavy (non-hydrogen) atoms. The number of rotatable bonds is 11. The maximum Gasteiger partial charge on any atom is 0.322 e. The van der Waals surface area contributed by atoms with Gasteiger partial charge in [0.25, 0.3) is 0 Å². The highest BCUT2D eigenvalue weighted by Crippen LogP contribution is 2.17. The summed E-state index contributed by atoms with van der Waals surface area (Å²) in [4.78, 5) is 29.9. The molecule has 0 radical (unpaired) electrons. The van der Waals surface area contributed by atoms with Gasteiger partial charge >= 0.3 is 6.03 Å². The van der Waals surface area contributed by atoms with Crippen molar-refractivity contribution in [2.24, 2.45) is 7.05 Å². The molecule has 0 unspecified atom stereocenters. The van der Waals surface area contributed by atoms with E-state index in [1.807, 2.05) is 68.1 Å². The fourth-order valence-electron chi connectivity index (χ4n) is 3.74. The lowest BCUT2D eigenvalue weighted by Gasteiger charge is -2.28. The highest BCUT2D eigenvalue weighted by molar-refractivity contribution is 5.93. The SMILES string of the molecule is COCCCN(CC(=O)N(Cc1ccco1)Cc1cccn1C)C(=O)Nc1ccc(C)cc1C. The minimum Gasteiger partial charge on any atom is -0.467 e. The summed E-state index contributed by atoms with van der Waals surface area (Å²) in [6.45, 7) is 5.54. The Balaban J connectivity index is 1.76. The van der Waals surface area contributed by atoms with Crippen molar-refractivity contribution in [2.75, 3.05) is 32.1 Å². The van der Waals surface area contributed by atoms with Gasteiger partial charge < -0.3 is 28.8 Å². The van der Waals surface area contributed by atoms with Crippen LogP contribution in [0.1, 0.15) is 29.0 Å². The third-order valence-electron chi connectivity index (χ3n) is 5.70. The molecule has 182 valence electrons. The molecule has 0 bridgehead atoms. The predicted octanol–water partition coefficient (Wildman–Crippen LogP) is 4.33. The summed E-state index contributed by atoms with van der Waals surface area (Å²) < 4.78 is 12.6. The molecule has 0 saturated heterocycles. The number of aromatic nitrogens is 1. The predicted molar refractivity (Wildman–Crippen MR) is 131 cm³/mol. The zero-order chi connectivity index (χ0) is 24.5. The lowest BCUT2D eigenvalue weighted by Crippen LogP contribution is -2.44. The first kappa shape index (κ1) is 25.1. The van der Waals surface area contributed by atoms with Crippen LogP contribution >= 0.6 is 0 Å². The van der Waals surface area contributed by atoms with Crippen molar-refractivity contribution >= 4 is 17.6 Å². The molecule has 3 rings (SSSR count). The molecule has 0 saturated carbocycles. The zero-order valence-electron chi connectivity index (χ0n) is 20.4. The van der Waals surface area contributed by atoms with Crippen LogP contribution in [0.2, 0.25) is 0 Å². The topological polar surface area (TPSA) is 80.0 Å². The third kappa shape index (κ3) is 6.99. The molecule has 0 spiro atoms. The summed E-state index contributed by atoms with van der Waals surface area (Å²) in [6.07, 6.45) is 4.16. The number of carbonyl (C=O) groups is 2. The van der Waals surface area contributed by atoms with E-state index >= 15 is 0 Å².